The molecule has 0 atom stereocenters. The summed E-state index contributed by atoms with van der Waals surface area (Å²) in [5.74, 6) is -1.09. The van der Waals surface area contributed by atoms with Crippen LogP contribution in [0.5, 0.6) is 0 Å². The third kappa shape index (κ3) is 4.84. The highest BCUT2D eigenvalue weighted by molar-refractivity contribution is 6.04. The van der Waals surface area contributed by atoms with E-state index in [9.17, 15) is 31.1 Å². The van der Waals surface area contributed by atoms with Crippen LogP contribution in [-0.4, -0.2) is 15.3 Å². The largest absolute Gasteiger partial charge is 0.416 e. The minimum atomic E-state index is -5.04. The van der Waals surface area contributed by atoms with E-state index in [1.165, 1.54) is 12.1 Å². The molecule has 0 fully saturated rings. The summed E-state index contributed by atoms with van der Waals surface area (Å²) in [4.78, 5) is 16.9. The Labute approximate surface area is 183 Å². The normalized spacial score (nSPS) is 12.2. The van der Waals surface area contributed by atoms with Gasteiger partial charge in [-0.15, -0.1) is 0 Å². The molecule has 0 aliphatic rings. The molecule has 0 aliphatic carbocycles. The summed E-state index contributed by atoms with van der Waals surface area (Å²) in [6, 6.07) is 10.8. The fraction of sp³-hybridized carbons (Fsp3) is 0.130. The quantitative estimate of drug-likeness (QED) is 0.348. The molecule has 0 bridgehead atoms. The van der Waals surface area contributed by atoms with Gasteiger partial charge in [0.1, 0.15) is 5.65 Å². The highest BCUT2D eigenvalue weighted by Crippen LogP contribution is 2.36. The lowest BCUT2D eigenvalue weighted by Crippen LogP contribution is -2.17. The first-order valence-corrected chi connectivity index (χ1v) is 9.57. The van der Waals surface area contributed by atoms with Crippen molar-refractivity contribution in [2.45, 2.75) is 19.3 Å². The fourth-order valence-corrected chi connectivity index (χ4v) is 3.26. The number of hydrogen-bond acceptors (Lipinski definition) is 2. The van der Waals surface area contributed by atoms with Gasteiger partial charge in [0.2, 0.25) is 0 Å². The lowest BCUT2D eigenvalue weighted by Gasteiger charge is -2.14. The second kappa shape index (κ2) is 7.95. The summed E-state index contributed by atoms with van der Waals surface area (Å²) >= 11 is 0. The number of fused-ring (bicyclic) bond motifs is 1. The van der Waals surface area contributed by atoms with E-state index in [1.54, 1.807) is 12.1 Å². The third-order valence-electron chi connectivity index (χ3n) is 4.89. The Kier molecular flexibility index (Phi) is 5.39. The van der Waals surface area contributed by atoms with Crippen LogP contribution >= 0.6 is 0 Å². The monoisotopic (exact) mass is 463 g/mol. The van der Waals surface area contributed by atoms with E-state index in [0.29, 0.717) is 23.4 Å². The third-order valence-corrected chi connectivity index (χ3v) is 4.89. The molecule has 0 spiro atoms. The number of nitrogens with one attached hydrogen (secondary N) is 1. The summed E-state index contributed by atoms with van der Waals surface area (Å²) < 4.78 is 80.0. The number of benzene rings is 2. The van der Waals surface area contributed by atoms with Crippen LogP contribution < -0.4 is 5.32 Å². The van der Waals surface area contributed by atoms with Crippen LogP contribution in [0.15, 0.2) is 67.0 Å². The van der Waals surface area contributed by atoms with Crippen molar-refractivity contribution in [3.05, 3.63) is 89.2 Å². The second-order valence-corrected chi connectivity index (χ2v) is 7.42. The molecule has 0 unspecified atom stereocenters. The van der Waals surface area contributed by atoms with Crippen LogP contribution in [0.3, 0.4) is 0 Å². The molecule has 170 valence electrons. The van der Waals surface area contributed by atoms with Crippen molar-refractivity contribution in [1.82, 2.24) is 9.38 Å². The maximum Gasteiger partial charge on any atom is 0.416 e. The van der Waals surface area contributed by atoms with Gasteiger partial charge in [0, 0.05) is 29.2 Å². The number of hydrogen-bond donors (Lipinski definition) is 1. The molecule has 4 aromatic rings. The van der Waals surface area contributed by atoms with Gasteiger partial charge in [-0.25, -0.2) is 4.98 Å². The van der Waals surface area contributed by atoms with E-state index in [2.05, 4.69) is 10.3 Å². The van der Waals surface area contributed by atoms with Gasteiger partial charge in [0.05, 0.1) is 16.8 Å². The van der Waals surface area contributed by atoms with Crippen molar-refractivity contribution < 1.29 is 31.1 Å². The standard InChI is InChI=1S/C23H15F6N3O/c1-13-2-7-20-31-19(12-32(20)11-13)14-3-5-18(6-4-14)30-21(33)15-8-16(22(24,25)26)10-17(9-15)23(27,28)29/h2-12H,1H3,(H,30,33). The van der Waals surface area contributed by atoms with Crippen LogP contribution in [-0.2, 0) is 12.4 Å². The van der Waals surface area contributed by atoms with Crippen LogP contribution in [0.25, 0.3) is 16.9 Å². The lowest BCUT2D eigenvalue weighted by atomic mass is 10.0. The van der Waals surface area contributed by atoms with Crippen molar-refractivity contribution >= 4 is 17.2 Å². The maximum absolute atomic E-state index is 13.0. The summed E-state index contributed by atoms with van der Waals surface area (Å²) in [5.41, 5.74) is -0.504. The van der Waals surface area contributed by atoms with Crippen molar-refractivity contribution in [3.8, 4) is 11.3 Å². The fourth-order valence-electron chi connectivity index (χ4n) is 3.26. The minimum Gasteiger partial charge on any atom is -0.322 e. The van der Waals surface area contributed by atoms with Crippen molar-refractivity contribution in [2.75, 3.05) is 5.32 Å². The Morgan fingerprint density at radius 3 is 2.03 bits per heavy atom. The second-order valence-electron chi connectivity index (χ2n) is 7.42. The molecule has 1 N–H and O–H groups in total. The molecule has 4 nitrogen and oxygen atoms in total. The number of imidazole rings is 1. The van der Waals surface area contributed by atoms with Crippen molar-refractivity contribution in [1.29, 1.82) is 0 Å². The maximum atomic E-state index is 13.0. The summed E-state index contributed by atoms with van der Waals surface area (Å²) in [7, 11) is 0. The Hall–Kier alpha value is -3.82. The number of carbonyl (C=O) groups excluding carboxylic acids is 1. The molecule has 4 rings (SSSR count). The predicted molar refractivity (Wildman–Crippen MR) is 110 cm³/mol. The first kappa shape index (κ1) is 22.4. The first-order valence-electron chi connectivity index (χ1n) is 9.57. The molecule has 2 aromatic heterocycles. The molecule has 0 aliphatic heterocycles. The Bertz CT molecular complexity index is 1310. The molecule has 0 radical (unpaired) electrons. The first-order chi connectivity index (χ1) is 15.4. The van der Waals surface area contributed by atoms with Gasteiger partial charge in [-0.05, 0) is 48.9 Å². The van der Waals surface area contributed by atoms with Gasteiger partial charge >= 0.3 is 12.4 Å². The van der Waals surface area contributed by atoms with Crippen LogP contribution in [0.4, 0.5) is 32.0 Å². The number of aryl methyl sites for hydroxylation is 1. The molecular weight excluding hydrogens is 448 g/mol. The van der Waals surface area contributed by atoms with E-state index in [4.69, 9.17) is 0 Å². The number of alkyl halides is 6. The highest BCUT2D eigenvalue weighted by Gasteiger charge is 2.37. The number of pyridine rings is 1. The number of aromatic nitrogens is 2. The number of halogens is 6. The van der Waals surface area contributed by atoms with E-state index < -0.39 is 35.0 Å². The molecule has 1 amide bonds. The van der Waals surface area contributed by atoms with Gasteiger partial charge in [-0.2, -0.15) is 26.3 Å². The molecule has 33 heavy (non-hydrogen) atoms. The smallest absolute Gasteiger partial charge is 0.322 e. The average Bonchev–Trinajstić information content (AvgIpc) is 3.16. The van der Waals surface area contributed by atoms with E-state index in [0.717, 1.165) is 11.2 Å². The Morgan fingerprint density at radius 1 is 0.848 bits per heavy atom. The van der Waals surface area contributed by atoms with Gasteiger partial charge < -0.3 is 9.72 Å². The Morgan fingerprint density at radius 2 is 1.45 bits per heavy atom. The zero-order valence-electron chi connectivity index (χ0n) is 16.9. The predicted octanol–water partition coefficient (Wildman–Crippen LogP) is 6.60. The average molecular weight is 463 g/mol. The van der Waals surface area contributed by atoms with Gasteiger partial charge in [-0.1, -0.05) is 18.2 Å². The van der Waals surface area contributed by atoms with E-state index in [-0.39, 0.29) is 11.8 Å². The van der Waals surface area contributed by atoms with Gasteiger partial charge in [0.25, 0.3) is 5.91 Å². The minimum absolute atomic E-state index is 0.0259. The molecule has 0 saturated heterocycles. The lowest BCUT2D eigenvalue weighted by molar-refractivity contribution is -0.143. The van der Waals surface area contributed by atoms with Crippen LogP contribution in [0.1, 0.15) is 27.0 Å². The molecular formula is C23H15F6N3O. The topological polar surface area (TPSA) is 46.4 Å². The van der Waals surface area contributed by atoms with Gasteiger partial charge in [-0.3, -0.25) is 4.79 Å². The van der Waals surface area contributed by atoms with E-state index >= 15 is 0 Å². The molecule has 2 heterocycles. The highest BCUT2D eigenvalue weighted by atomic mass is 19.4. The zero-order valence-corrected chi connectivity index (χ0v) is 16.9. The summed E-state index contributed by atoms with van der Waals surface area (Å²) in [6.45, 7) is 1.94. The SMILES string of the molecule is Cc1ccc2nc(-c3ccc(NC(=O)c4cc(C(F)(F)F)cc(C(F)(F)F)c4)cc3)cn2c1. The Balaban J connectivity index is 1.58. The zero-order chi connectivity index (χ0) is 24.0. The number of carbonyl (C=O) groups is 1. The summed E-state index contributed by atoms with van der Waals surface area (Å²) in [6.07, 6.45) is -6.35. The molecule has 10 heteroatoms. The van der Waals surface area contributed by atoms with Crippen LogP contribution in [0, 0.1) is 6.92 Å². The number of amides is 1. The number of anilines is 1. The van der Waals surface area contributed by atoms with Crippen LogP contribution in [0.2, 0.25) is 0 Å². The number of nitrogens with zero attached hydrogens (tertiary/aromatic N) is 2. The van der Waals surface area contributed by atoms with E-state index in [1.807, 2.05) is 35.9 Å². The number of rotatable bonds is 3. The van der Waals surface area contributed by atoms with Crippen molar-refractivity contribution in [3.63, 3.8) is 0 Å². The molecule has 0 saturated carbocycles. The van der Waals surface area contributed by atoms with Crippen molar-refractivity contribution in [2.24, 2.45) is 0 Å². The summed E-state index contributed by atoms with van der Waals surface area (Å²) in [5, 5.41) is 2.33. The van der Waals surface area contributed by atoms with Gasteiger partial charge in [0.15, 0.2) is 0 Å². The molecule has 2 aromatic carbocycles.